The molecule has 1 aliphatic rings. The van der Waals surface area contributed by atoms with Crippen molar-refractivity contribution in [2.75, 3.05) is 26.2 Å². The molecule has 0 atom stereocenters. The summed E-state index contributed by atoms with van der Waals surface area (Å²) in [4.78, 5) is 7.01. The molecular weight excluding hydrogens is 329 g/mol. The third-order valence-corrected chi connectivity index (χ3v) is 4.83. The fourth-order valence-corrected chi connectivity index (χ4v) is 3.18. The number of nitrogens with one attached hydrogen (secondary N) is 2. The molecule has 0 aromatic heterocycles. The van der Waals surface area contributed by atoms with E-state index in [-0.39, 0.29) is 17.9 Å². The van der Waals surface area contributed by atoms with Crippen LogP contribution in [0.5, 0.6) is 0 Å². The number of nitrogens with zero attached hydrogens (tertiary/aromatic N) is 3. The number of guanidine groups is 1. The van der Waals surface area contributed by atoms with Crippen molar-refractivity contribution in [3.63, 3.8) is 0 Å². The molecule has 0 unspecified atom stereocenters. The van der Waals surface area contributed by atoms with E-state index in [0.717, 1.165) is 26.2 Å². The second-order valence-corrected chi connectivity index (χ2v) is 7.33. The molecule has 142 valence electrons. The average Bonchev–Trinajstić information content (AvgIpc) is 2.66. The lowest BCUT2D eigenvalue weighted by molar-refractivity contribution is 0.0982. The van der Waals surface area contributed by atoms with Crippen molar-refractivity contribution in [2.45, 2.75) is 52.1 Å². The molecule has 6 heteroatoms. The van der Waals surface area contributed by atoms with Gasteiger partial charge in [0, 0.05) is 24.2 Å². The molecule has 1 fully saturated rings. The minimum atomic E-state index is -0.336. The Morgan fingerprint density at radius 1 is 1.27 bits per heavy atom. The standard InChI is InChI=1S/C20H30FN5/c1-4-23-19(24-14-17-12-16(13-22)8-9-18(17)21)25-15-20(2,3)26-10-6-5-7-11-26/h8-9,12H,4-7,10-11,14-15H2,1-3H3,(H2,23,24,25). The largest absolute Gasteiger partial charge is 0.357 e. The van der Waals surface area contributed by atoms with Crippen molar-refractivity contribution in [2.24, 2.45) is 4.99 Å². The van der Waals surface area contributed by atoms with Crippen molar-refractivity contribution in [1.29, 1.82) is 5.26 Å². The van der Waals surface area contributed by atoms with Crippen molar-refractivity contribution in [1.82, 2.24) is 15.5 Å². The Labute approximate surface area is 156 Å². The van der Waals surface area contributed by atoms with E-state index in [2.05, 4.69) is 34.4 Å². The molecule has 2 N–H and O–H groups in total. The van der Waals surface area contributed by atoms with Gasteiger partial charge in [0.05, 0.1) is 18.2 Å². The van der Waals surface area contributed by atoms with E-state index < -0.39 is 0 Å². The third kappa shape index (κ3) is 5.70. The average molecular weight is 359 g/mol. The van der Waals surface area contributed by atoms with Crippen LogP contribution in [-0.2, 0) is 6.54 Å². The van der Waals surface area contributed by atoms with Gasteiger partial charge in [-0.2, -0.15) is 5.26 Å². The van der Waals surface area contributed by atoms with Crippen LogP contribution in [0.25, 0.3) is 0 Å². The molecule has 0 aliphatic carbocycles. The molecule has 1 aromatic carbocycles. The van der Waals surface area contributed by atoms with Crippen LogP contribution in [0.15, 0.2) is 23.2 Å². The summed E-state index contributed by atoms with van der Waals surface area (Å²) in [6, 6.07) is 6.39. The smallest absolute Gasteiger partial charge is 0.191 e. The lowest BCUT2D eigenvalue weighted by Crippen LogP contribution is -2.54. The summed E-state index contributed by atoms with van der Waals surface area (Å²) < 4.78 is 13.9. The van der Waals surface area contributed by atoms with Crippen molar-refractivity contribution < 1.29 is 4.39 Å². The maximum Gasteiger partial charge on any atom is 0.191 e. The second-order valence-electron chi connectivity index (χ2n) is 7.33. The first-order valence-electron chi connectivity index (χ1n) is 9.42. The Morgan fingerprint density at radius 2 is 2.00 bits per heavy atom. The Balaban J connectivity index is 2.01. The molecule has 1 aromatic rings. The molecule has 0 spiro atoms. The number of likely N-dealkylation sites (tertiary alicyclic amines) is 1. The van der Waals surface area contributed by atoms with E-state index >= 15 is 0 Å². The summed E-state index contributed by atoms with van der Waals surface area (Å²) in [6.07, 6.45) is 3.83. The van der Waals surface area contributed by atoms with E-state index in [1.54, 1.807) is 6.07 Å². The predicted octanol–water partition coefficient (Wildman–Crippen LogP) is 3.02. The number of aliphatic imine (C=N–C) groups is 1. The van der Waals surface area contributed by atoms with Gasteiger partial charge in [0.25, 0.3) is 0 Å². The molecule has 0 radical (unpaired) electrons. The van der Waals surface area contributed by atoms with Gasteiger partial charge in [-0.05, 0) is 64.9 Å². The summed E-state index contributed by atoms with van der Waals surface area (Å²) in [5.74, 6) is 0.330. The first kappa shape index (κ1) is 20.2. The van der Waals surface area contributed by atoms with Gasteiger partial charge >= 0.3 is 0 Å². The number of piperidine rings is 1. The van der Waals surface area contributed by atoms with Crippen LogP contribution in [0.3, 0.4) is 0 Å². The van der Waals surface area contributed by atoms with Crippen LogP contribution >= 0.6 is 0 Å². The van der Waals surface area contributed by atoms with E-state index in [4.69, 9.17) is 5.26 Å². The highest BCUT2D eigenvalue weighted by atomic mass is 19.1. The van der Waals surface area contributed by atoms with Crippen molar-refractivity contribution in [3.8, 4) is 6.07 Å². The van der Waals surface area contributed by atoms with Crippen LogP contribution < -0.4 is 10.6 Å². The van der Waals surface area contributed by atoms with Gasteiger partial charge in [0.1, 0.15) is 5.82 Å². The number of halogens is 1. The number of benzene rings is 1. The quantitative estimate of drug-likeness (QED) is 0.605. The number of rotatable bonds is 6. The summed E-state index contributed by atoms with van der Waals surface area (Å²) >= 11 is 0. The Kier molecular flexibility index (Phi) is 7.40. The van der Waals surface area contributed by atoms with Crippen LogP contribution in [0.2, 0.25) is 0 Å². The van der Waals surface area contributed by atoms with Crippen molar-refractivity contribution >= 4 is 5.96 Å². The molecule has 1 saturated heterocycles. The second kappa shape index (κ2) is 9.54. The molecule has 0 bridgehead atoms. The minimum absolute atomic E-state index is 0.0303. The summed E-state index contributed by atoms with van der Waals surface area (Å²) in [5, 5.41) is 15.6. The molecule has 0 saturated carbocycles. The van der Waals surface area contributed by atoms with Gasteiger partial charge < -0.3 is 10.6 Å². The van der Waals surface area contributed by atoms with Gasteiger partial charge in [-0.1, -0.05) is 6.42 Å². The summed E-state index contributed by atoms with van der Waals surface area (Å²) in [7, 11) is 0. The molecule has 1 aliphatic heterocycles. The highest BCUT2D eigenvalue weighted by Gasteiger charge is 2.27. The fraction of sp³-hybridized carbons (Fsp3) is 0.600. The summed E-state index contributed by atoms with van der Waals surface area (Å²) in [5.41, 5.74) is 0.903. The van der Waals surface area contributed by atoms with E-state index in [9.17, 15) is 4.39 Å². The molecule has 26 heavy (non-hydrogen) atoms. The first-order chi connectivity index (χ1) is 12.5. The SMILES string of the molecule is CCNC(=NCc1cc(C#N)ccc1F)NCC(C)(C)N1CCCCC1. The van der Waals surface area contributed by atoms with E-state index in [0.29, 0.717) is 17.1 Å². The van der Waals surface area contributed by atoms with Crippen LogP contribution in [-0.4, -0.2) is 42.6 Å². The predicted molar refractivity (Wildman–Crippen MR) is 103 cm³/mol. The monoisotopic (exact) mass is 359 g/mol. The number of nitriles is 1. The lowest BCUT2D eigenvalue weighted by Gasteiger charge is -2.41. The molecule has 1 heterocycles. The maximum atomic E-state index is 13.9. The highest BCUT2D eigenvalue weighted by Crippen LogP contribution is 2.19. The zero-order chi connectivity index (χ0) is 19.0. The van der Waals surface area contributed by atoms with Crippen molar-refractivity contribution in [3.05, 3.63) is 35.1 Å². The number of hydrogen-bond donors (Lipinski definition) is 2. The Bertz CT molecular complexity index is 657. The molecule has 2 rings (SSSR count). The van der Waals surface area contributed by atoms with Gasteiger partial charge in [-0.15, -0.1) is 0 Å². The van der Waals surface area contributed by atoms with Gasteiger partial charge in [-0.25, -0.2) is 9.38 Å². The third-order valence-electron chi connectivity index (χ3n) is 4.83. The molecule has 5 nitrogen and oxygen atoms in total. The van der Waals surface area contributed by atoms with Crippen LogP contribution in [0.4, 0.5) is 4.39 Å². The normalized spacial score (nSPS) is 16.2. The molecular formula is C20H30FN5. The van der Waals surface area contributed by atoms with Crippen LogP contribution in [0, 0.1) is 17.1 Å². The Morgan fingerprint density at radius 3 is 2.65 bits per heavy atom. The first-order valence-corrected chi connectivity index (χ1v) is 9.42. The minimum Gasteiger partial charge on any atom is -0.357 e. The maximum absolute atomic E-state index is 13.9. The Hall–Kier alpha value is -2.13. The zero-order valence-electron chi connectivity index (χ0n) is 16.1. The van der Waals surface area contributed by atoms with Gasteiger partial charge in [-0.3, -0.25) is 4.90 Å². The van der Waals surface area contributed by atoms with Crippen LogP contribution in [0.1, 0.15) is 51.2 Å². The molecule has 0 amide bonds. The van der Waals surface area contributed by atoms with Gasteiger partial charge in [0.15, 0.2) is 5.96 Å². The fourth-order valence-electron chi connectivity index (χ4n) is 3.18. The van der Waals surface area contributed by atoms with Gasteiger partial charge in [0.2, 0.25) is 0 Å². The topological polar surface area (TPSA) is 63.5 Å². The summed E-state index contributed by atoms with van der Waals surface area (Å²) in [6.45, 7) is 10.4. The lowest BCUT2D eigenvalue weighted by atomic mass is 9.98. The number of hydrogen-bond acceptors (Lipinski definition) is 3. The highest BCUT2D eigenvalue weighted by molar-refractivity contribution is 5.79. The zero-order valence-corrected chi connectivity index (χ0v) is 16.1. The van der Waals surface area contributed by atoms with E-state index in [1.165, 1.54) is 31.4 Å². The van der Waals surface area contributed by atoms with E-state index in [1.807, 2.05) is 13.0 Å².